The summed E-state index contributed by atoms with van der Waals surface area (Å²) in [6.45, 7) is 6.38. The van der Waals surface area contributed by atoms with Gasteiger partial charge in [-0.2, -0.15) is 0 Å². The highest BCUT2D eigenvalue weighted by Gasteiger charge is 2.19. The Balaban J connectivity index is 4.16. The highest BCUT2D eigenvalue weighted by Crippen LogP contribution is 2.16. The zero-order valence-electron chi connectivity index (χ0n) is 53.2. The molecule has 0 heterocycles. The molecule has 6 nitrogen and oxygen atoms in total. The molecule has 0 aliphatic rings. The summed E-state index contributed by atoms with van der Waals surface area (Å²) in [6.07, 6.45) is 98.8. The first-order chi connectivity index (χ1) is 40.5. The minimum absolute atomic E-state index is 0.0840. The summed E-state index contributed by atoms with van der Waals surface area (Å²) in [6, 6.07) is 0. The van der Waals surface area contributed by atoms with Gasteiger partial charge in [0, 0.05) is 19.3 Å². The van der Waals surface area contributed by atoms with E-state index in [4.69, 9.17) is 14.2 Å². The van der Waals surface area contributed by atoms with Crippen LogP contribution in [0.3, 0.4) is 0 Å². The molecule has 0 fully saturated rings. The van der Waals surface area contributed by atoms with E-state index < -0.39 is 6.10 Å². The second-order valence-electron chi connectivity index (χ2n) is 22.0. The summed E-state index contributed by atoms with van der Waals surface area (Å²) < 4.78 is 16.9. The van der Waals surface area contributed by atoms with Gasteiger partial charge in [0.15, 0.2) is 6.10 Å². The predicted molar refractivity (Wildman–Crippen MR) is 357 cm³/mol. The van der Waals surface area contributed by atoms with Gasteiger partial charge in [-0.15, -0.1) is 0 Å². The summed E-state index contributed by atoms with van der Waals surface area (Å²) in [4.78, 5) is 38.2. The van der Waals surface area contributed by atoms with E-state index in [0.717, 1.165) is 148 Å². The van der Waals surface area contributed by atoms with Crippen molar-refractivity contribution in [1.29, 1.82) is 0 Å². The average molecular weight is 1130 g/mol. The van der Waals surface area contributed by atoms with Crippen molar-refractivity contribution in [3.05, 3.63) is 146 Å². The summed E-state index contributed by atoms with van der Waals surface area (Å²) in [7, 11) is 0. The van der Waals surface area contributed by atoms with E-state index in [9.17, 15) is 14.4 Å². The molecular formula is C76H124O6. The molecule has 0 radical (unpaired) electrons. The van der Waals surface area contributed by atoms with Gasteiger partial charge in [0.05, 0.1) is 0 Å². The van der Waals surface area contributed by atoms with Gasteiger partial charge < -0.3 is 14.2 Å². The molecule has 0 aliphatic carbocycles. The van der Waals surface area contributed by atoms with Gasteiger partial charge in [-0.1, -0.05) is 301 Å². The van der Waals surface area contributed by atoms with Crippen molar-refractivity contribution in [2.24, 2.45) is 0 Å². The molecule has 0 N–H and O–H groups in total. The molecule has 464 valence electrons. The number of rotatable bonds is 60. The number of hydrogen-bond acceptors (Lipinski definition) is 6. The van der Waals surface area contributed by atoms with Crippen molar-refractivity contribution in [2.75, 3.05) is 13.2 Å². The molecule has 1 atom stereocenters. The van der Waals surface area contributed by atoms with Crippen LogP contribution in [0, 0.1) is 0 Å². The molecule has 1 unspecified atom stereocenters. The molecule has 0 aromatic rings. The van der Waals surface area contributed by atoms with Gasteiger partial charge in [-0.05, 0) is 122 Å². The Labute approximate surface area is 506 Å². The van der Waals surface area contributed by atoms with Gasteiger partial charge in [0.25, 0.3) is 0 Å². The maximum absolute atomic E-state index is 12.9. The van der Waals surface area contributed by atoms with Gasteiger partial charge in [-0.3, -0.25) is 14.4 Å². The van der Waals surface area contributed by atoms with Gasteiger partial charge in [0.1, 0.15) is 13.2 Å². The van der Waals surface area contributed by atoms with E-state index in [1.165, 1.54) is 109 Å². The Bertz CT molecular complexity index is 1780. The fourth-order valence-corrected chi connectivity index (χ4v) is 9.10. The SMILES string of the molecule is CC/C=C\C/C=C\C/C=C\C/C=C\C/C=C\C/C=C\C/C=C\C/C=C\CCCCCCCCCCCCC(=O)OCC(COC(=O)CCCCCCCCCC)OC(=O)CCCCCCCCCC/C=C\C/C=C\C/C=C\C/C=C\CC. The topological polar surface area (TPSA) is 78.9 Å². The summed E-state index contributed by atoms with van der Waals surface area (Å²) in [5.41, 5.74) is 0. The van der Waals surface area contributed by atoms with Crippen LogP contribution in [0.25, 0.3) is 0 Å². The first kappa shape index (κ1) is 77.3. The number of esters is 3. The molecule has 0 aliphatic heterocycles. The molecule has 0 amide bonds. The van der Waals surface area contributed by atoms with E-state index in [2.05, 4.69) is 167 Å². The monoisotopic (exact) mass is 1130 g/mol. The van der Waals surface area contributed by atoms with Crippen molar-refractivity contribution >= 4 is 17.9 Å². The third-order valence-electron chi connectivity index (χ3n) is 14.1. The van der Waals surface area contributed by atoms with E-state index in [1.807, 2.05) is 0 Å². The van der Waals surface area contributed by atoms with Gasteiger partial charge >= 0.3 is 17.9 Å². The summed E-state index contributed by atoms with van der Waals surface area (Å²) >= 11 is 0. The number of ether oxygens (including phenoxy) is 3. The molecule has 0 saturated carbocycles. The van der Waals surface area contributed by atoms with Crippen LogP contribution in [0.2, 0.25) is 0 Å². The summed E-state index contributed by atoms with van der Waals surface area (Å²) in [5.74, 6) is -0.898. The highest BCUT2D eigenvalue weighted by atomic mass is 16.6. The van der Waals surface area contributed by atoms with Crippen LogP contribution >= 0.6 is 0 Å². The lowest BCUT2D eigenvalue weighted by Crippen LogP contribution is -2.30. The largest absolute Gasteiger partial charge is 0.462 e. The zero-order chi connectivity index (χ0) is 59.2. The Morgan fingerprint density at radius 2 is 0.476 bits per heavy atom. The third kappa shape index (κ3) is 66.1. The number of carbonyl (C=O) groups is 3. The number of carbonyl (C=O) groups excluding carboxylic acids is 3. The van der Waals surface area contributed by atoms with E-state index >= 15 is 0 Å². The van der Waals surface area contributed by atoms with Crippen LogP contribution in [0.5, 0.6) is 0 Å². The van der Waals surface area contributed by atoms with Crippen molar-refractivity contribution in [2.45, 2.75) is 303 Å². The van der Waals surface area contributed by atoms with Crippen LogP contribution in [0.4, 0.5) is 0 Å². The Kier molecular flexibility index (Phi) is 64.8. The second-order valence-corrected chi connectivity index (χ2v) is 22.0. The molecule has 6 heteroatoms. The van der Waals surface area contributed by atoms with Crippen molar-refractivity contribution < 1.29 is 28.6 Å². The van der Waals surface area contributed by atoms with Crippen LogP contribution in [-0.2, 0) is 28.6 Å². The Hall–Kier alpha value is -4.71. The predicted octanol–water partition coefficient (Wildman–Crippen LogP) is 23.5. The number of allylic oxidation sites excluding steroid dienone is 24. The van der Waals surface area contributed by atoms with E-state index in [0.29, 0.717) is 19.3 Å². The molecular weight excluding hydrogens is 1010 g/mol. The van der Waals surface area contributed by atoms with Crippen molar-refractivity contribution in [1.82, 2.24) is 0 Å². The minimum atomic E-state index is -0.787. The third-order valence-corrected chi connectivity index (χ3v) is 14.1. The summed E-state index contributed by atoms with van der Waals surface area (Å²) in [5, 5.41) is 0. The maximum atomic E-state index is 12.9. The van der Waals surface area contributed by atoms with E-state index in [-0.39, 0.29) is 31.1 Å². The lowest BCUT2D eigenvalue weighted by Gasteiger charge is -2.18. The molecule has 0 saturated heterocycles. The standard InChI is InChI=1S/C76H124O6/c1-4-7-10-13-16-19-21-23-25-27-29-31-32-33-34-35-36-37-38-39-40-41-42-43-44-46-47-49-51-53-55-57-60-63-66-69-75(78)81-72-73(71-80-74(77)68-65-62-59-18-15-12-9-6-3)82-76(79)70-67-64-61-58-56-54-52-50-48-45-30-28-26-24-22-20-17-14-11-8-5-2/h7-8,10-11,16-17,19-20,23-26,29-31,33-34,36-37,39-40,42-43,45,73H,4-6,9,12-15,18,21-22,27-28,32,35,38,41,44,46-72H2,1-3H3/b10-7-,11-8-,19-16-,20-17-,25-23-,26-24-,31-29-,34-33-,37-36-,40-39-,43-42-,45-30-. The molecule has 0 aromatic heterocycles. The average Bonchev–Trinajstić information content (AvgIpc) is 3.47. The fourth-order valence-electron chi connectivity index (χ4n) is 9.10. The molecule has 0 spiro atoms. The maximum Gasteiger partial charge on any atom is 0.306 e. The van der Waals surface area contributed by atoms with Crippen molar-refractivity contribution in [3.8, 4) is 0 Å². The Morgan fingerprint density at radius 1 is 0.256 bits per heavy atom. The van der Waals surface area contributed by atoms with Gasteiger partial charge in [-0.25, -0.2) is 0 Å². The molecule has 0 bridgehead atoms. The lowest BCUT2D eigenvalue weighted by molar-refractivity contribution is -0.167. The first-order valence-corrected chi connectivity index (χ1v) is 33.8. The first-order valence-electron chi connectivity index (χ1n) is 33.8. The Morgan fingerprint density at radius 3 is 0.744 bits per heavy atom. The smallest absolute Gasteiger partial charge is 0.306 e. The minimum Gasteiger partial charge on any atom is -0.462 e. The van der Waals surface area contributed by atoms with E-state index in [1.54, 1.807) is 0 Å². The fraction of sp³-hybridized carbons (Fsp3) is 0.645. The van der Waals surface area contributed by atoms with Crippen molar-refractivity contribution in [3.63, 3.8) is 0 Å². The molecule has 0 aromatic carbocycles. The number of unbranched alkanes of at least 4 members (excludes halogenated alkanes) is 25. The van der Waals surface area contributed by atoms with Crippen LogP contribution in [-0.4, -0.2) is 37.2 Å². The number of hydrogen-bond donors (Lipinski definition) is 0. The zero-order valence-corrected chi connectivity index (χ0v) is 53.2. The highest BCUT2D eigenvalue weighted by molar-refractivity contribution is 5.71. The normalized spacial score (nSPS) is 13.1. The van der Waals surface area contributed by atoms with Crippen LogP contribution in [0.15, 0.2) is 146 Å². The quantitative estimate of drug-likeness (QED) is 0.0261. The van der Waals surface area contributed by atoms with Gasteiger partial charge in [0.2, 0.25) is 0 Å². The molecule has 82 heavy (non-hydrogen) atoms. The lowest BCUT2D eigenvalue weighted by atomic mass is 10.1. The van der Waals surface area contributed by atoms with Crippen LogP contribution < -0.4 is 0 Å². The molecule has 0 rings (SSSR count). The van der Waals surface area contributed by atoms with Crippen LogP contribution in [0.1, 0.15) is 297 Å². The second kappa shape index (κ2) is 68.8.